The molecule has 0 fully saturated rings. The first-order chi connectivity index (χ1) is 9.61. The second-order valence-electron chi connectivity index (χ2n) is 5.33. The van der Waals surface area contributed by atoms with E-state index in [0.717, 1.165) is 31.0 Å². The van der Waals surface area contributed by atoms with E-state index in [2.05, 4.69) is 47.5 Å². The van der Waals surface area contributed by atoms with Crippen LogP contribution in [0, 0.1) is 6.92 Å². The molecule has 0 aliphatic carbocycles. The van der Waals surface area contributed by atoms with Crippen molar-refractivity contribution in [3.63, 3.8) is 0 Å². The summed E-state index contributed by atoms with van der Waals surface area (Å²) in [6, 6.07) is 0.315. The molecule has 0 saturated carbocycles. The van der Waals surface area contributed by atoms with E-state index in [1.807, 2.05) is 16.3 Å². The standard InChI is InChI=1S/C14H24N6/c1-5-6-15-7-13-8-19(18-12(13)4)9-14-16-10-17-20(14)11(2)3/h8,10-11,15H,5-7,9H2,1-4H3. The van der Waals surface area contributed by atoms with Crippen molar-refractivity contribution in [2.75, 3.05) is 6.54 Å². The fraction of sp³-hybridized carbons (Fsp3) is 0.643. The lowest BCUT2D eigenvalue weighted by Crippen LogP contribution is -2.14. The van der Waals surface area contributed by atoms with Crippen molar-refractivity contribution in [2.45, 2.75) is 53.2 Å². The third-order valence-corrected chi connectivity index (χ3v) is 3.23. The molecule has 6 nitrogen and oxygen atoms in total. The van der Waals surface area contributed by atoms with E-state index in [9.17, 15) is 0 Å². The van der Waals surface area contributed by atoms with Crippen LogP contribution >= 0.6 is 0 Å². The van der Waals surface area contributed by atoms with Crippen molar-refractivity contribution in [3.8, 4) is 0 Å². The largest absolute Gasteiger partial charge is 0.313 e. The van der Waals surface area contributed by atoms with Crippen LogP contribution in [-0.2, 0) is 13.1 Å². The van der Waals surface area contributed by atoms with Crippen LogP contribution in [0.3, 0.4) is 0 Å². The molecule has 110 valence electrons. The molecule has 0 aliphatic heterocycles. The summed E-state index contributed by atoms with van der Waals surface area (Å²) in [6.45, 7) is 11.0. The Balaban J connectivity index is 2.06. The number of rotatable bonds is 7. The number of nitrogens with zero attached hydrogens (tertiary/aromatic N) is 5. The summed E-state index contributed by atoms with van der Waals surface area (Å²) in [5.74, 6) is 0.940. The monoisotopic (exact) mass is 276 g/mol. The minimum absolute atomic E-state index is 0.315. The van der Waals surface area contributed by atoms with Gasteiger partial charge in [-0.3, -0.25) is 4.68 Å². The van der Waals surface area contributed by atoms with Gasteiger partial charge < -0.3 is 5.32 Å². The van der Waals surface area contributed by atoms with Crippen molar-refractivity contribution in [1.29, 1.82) is 0 Å². The Kier molecular flexibility index (Phi) is 4.89. The predicted molar refractivity (Wildman–Crippen MR) is 78.5 cm³/mol. The van der Waals surface area contributed by atoms with Crippen LogP contribution in [0.15, 0.2) is 12.5 Å². The Labute approximate surface area is 120 Å². The van der Waals surface area contributed by atoms with Gasteiger partial charge in [0.05, 0.1) is 5.69 Å². The lowest BCUT2D eigenvalue weighted by Gasteiger charge is -2.09. The highest BCUT2D eigenvalue weighted by Crippen LogP contribution is 2.10. The van der Waals surface area contributed by atoms with E-state index in [1.54, 1.807) is 6.33 Å². The number of nitrogens with one attached hydrogen (secondary N) is 1. The van der Waals surface area contributed by atoms with Crippen LogP contribution in [-0.4, -0.2) is 31.1 Å². The molecular weight excluding hydrogens is 252 g/mol. The van der Waals surface area contributed by atoms with Crippen molar-refractivity contribution < 1.29 is 0 Å². The van der Waals surface area contributed by atoms with Crippen LogP contribution in [0.4, 0.5) is 0 Å². The molecule has 1 N–H and O–H groups in total. The third kappa shape index (κ3) is 3.45. The zero-order chi connectivity index (χ0) is 14.5. The number of aromatic nitrogens is 5. The SMILES string of the molecule is CCCNCc1cn(Cc2ncnn2C(C)C)nc1C. The number of hydrogen-bond donors (Lipinski definition) is 1. The van der Waals surface area contributed by atoms with Gasteiger partial charge in [-0.15, -0.1) is 0 Å². The van der Waals surface area contributed by atoms with E-state index in [1.165, 1.54) is 5.56 Å². The molecule has 0 radical (unpaired) electrons. The van der Waals surface area contributed by atoms with Crippen molar-refractivity contribution in [2.24, 2.45) is 0 Å². The maximum Gasteiger partial charge on any atom is 0.148 e. The molecule has 6 heteroatoms. The second-order valence-corrected chi connectivity index (χ2v) is 5.33. The van der Waals surface area contributed by atoms with Gasteiger partial charge in [-0.1, -0.05) is 6.92 Å². The molecule has 2 heterocycles. The fourth-order valence-electron chi connectivity index (χ4n) is 2.18. The Hall–Kier alpha value is -1.69. The molecule has 0 amide bonds. The van der Waals surface area contributed by atoms with E-state index >= 15 is 0 Å². The van der Waals surface area contributed by atoms with Gasteiger partial charge in [-0.25, -0.2) is 9.67 Å². The van der Waals surface area contributed by atoms with Gasteiger partial charge in [-0.2, -0.15) is 10.2 Å². The van der Waals surface area contributed by atoms with Crippen LogP contribution < -0.4 is 5.32 Å². The smallest absolute Gasteiger partial charge is 0.148 e. The molecule has 0 saturated heterocycles. The summed E-state index contributed by atoms with van der Waals surface area (Å²) in [7, 11) is 0. The first kappa shape index (κ1) is 14.7. The van der Waals surface area contributed by atoms with E-state index < -0.39 is 0 Å². The van der Waals surface area contributed by atoms with E-state index in [4.69, 9.17) is 0 Å². The molecule has 2 rings (SSSR count). The van der Waals surface area contributed by atoms with Gasteiger partial charge in [0.2, 0.25) is 0 Å². The summed E-state index contributed by atoms with van der Waals surface area (Å²) in [5, 5.41) is 12.2. The molecule has 0 aromatic carbocycles. The topological polar surface area (TPSA) is 60.6 Å². The predicted octanol–water partition coefficient (Wildman–Crippen LogP) is 1.91. The lowest BCUT2D eigenvalue weighted by atomic mass is 10.2. The summed E-state index contributed by atoms with van der Waals surface area (Å²) >= 11 is 0. The average Bonchev–Trinajstić information content (AvgIpc) is 2.98. The summed E-state index contributed by atoms with van der Waals surface area (Å²) in [5.41, 5.74) is 2.32. The first-order valence-corrected chi connectivity index (χ1v) is 7.23. The highest BCUT2D eigenvalue weighted by Gasteiger charge is 2.10. The molecule has 2 aromatic rings. The first-order valence-electron chi connectivity index (χ1n) is 7.23. The third-order valence-electron chi connectivity index (χ3n) is 3.23. The lowest BCUT2D eigenvalue weighted by molar-refractivity contribution is 0.487. The van der Waals surface area contributed by atoms with Crippen molar-refractivity contribution in [3.05, 3.63) is 29.6 Å². The normalized spacial score (nSPS) is 11.4. The van der Waals surface area contributed by atoms with Gasteiger partial charge >= 0.3 is 0 Å². The summed E-state index contributed by atoms with van der Waals surface area (Å²) in [6.07, 6.45) is 4.84. The van der Waals surface area contributed by atoms with E-state index in [0.29, 0.717) is 12.6 Å². The number of hydrogen-bond acceptors (Lipinski definition) is 4. The van der Waals surface area contributed by atoms with Crippen molar-refractivity contribution >= 4 is 0 Å². The number of aryl methyl sites for hydroxylation is 1. The van der Waals surface area contributed by atoms with Gasteiger partial charge in [0.1, 0.15) is 18.7 Å². The molecule has 20 heavy (non-hydrogen) atoms. The van der Waals surface area contributed by atoms with Crippen molar-refractivity contribution in [1.82, 2.24) is 29.9 Å². The highest BCUT2D eigenvalue weighted by molar-refractivity contribution is 5.15. The Bertz CT molecular complexity index is 540. The molecule has 0 spiro atoms. The maximum absolute atomic E-state index is 4.56. The quantitative estimate of drug-likeness (QED) is 0.785. The Morgan fingerprint density at radius 2 is 2.15 bits per heavy atom. The zero-order valence-corrected chi connectivity index (χ0v) is 12.8. The van der Waals surface area contributed by atoms with E-state index in [-0.39, 0.29) is 0 Å². The minimum atomic E-state index is 0.315. The van der Waals surface area contributed by atoms with Gasteiger partial charge in [0, 0.05) is 24.3 Å². The highest BCUT2D eigenvalue weighted by atomic mass is 15.4. The van der Waals surface area contributed by atoms with Crippen LogP contribution in [0.25, 0.3) is 0 Å². The zero-order valence-electron chi connectivity index (χ0n) is 12.8. The summed E-state index contributed by atoms with van der Waals surface area (Å²) < 4.78 is 3.88. The molecule has 0 atom stereocenters. The molecule has 0 unspecified atom stereocenters. The maximum atomic E-state index is 4.56. The molecular formula is C14H24N6. The van der Waals surface area contributed by atoms with Crippen LogP contribution in [0.5, 0.6) is 0 Å². The molecule has 0 aliphatic rings. The minimum Gasteiger partial charge on any atom is -0.313 e. The van der Waals surface area contributed by atoms with Gasteiger partial charge in [-0.05, 0) is 33.7 Å². The average molecular weight is 276 g/mol. The van der Waals surface area contributed by atoms with Gasteiger partial charge in [0.25, 0.3) is 0 Å². The molecule has 0 bridgehead atoms. The Morgan fingerprint density at radius 1 is 1.35 bits per heavy atom. The van der Waals surface area contributed by atoms with Gasteiger partial charge in [0.15, 0.2) is 0 Å². The fourth-order valence-corrected chi connectivity index (χ4v) is 2.18. The Morgan fingerprint density at radius 3 is 2.85 bits per heavy atom. The molecule has 2 aromatic heterocycles. The van der Waals surface area contributed by atoms with Crippen LogP contribution in [0.1, 0.15) is 50.3 Å². The summed E-state index contributed by atoms with van der Waals surface area (Å²) in [4.78, 5) is 4.32. The van der Waals surface area contributed by atoms with Crippen LogP contribution in [0.2, 0.25) is 0 Å². The second kappa shape index (κ2) is 6.65.